The van der Waals surface area contributed by atoms with Crippen molar-refractivity contribution in [1.29, 1.82) is 0 Å². The smallest absolute Gasteiger partial charge is 0.339 e. The molecule has 0 fully saturated rings. The Hall–Kier alpha value is -1.99. The lowest BCUT2D eigenvalue weighted by Crippen LogP contribution is -2.17. The zero-order valence-corrected chi connectivity index (χ0v) is 15.8. The highest BCUT2D eigenvalue weighted by molar-refractivity contribution is 7.18. The highest BCUT2D eigenvalue weighted by Gasteiger charge is 2.20. The predicted molar refractivity (Wildman–Crippen MR) is 97.3 cm³/mol. The van der Waals surface area contributed by atoms with Gasteiger partial charge in [-0.15, -0.1) is 22.7 Å². The number of H-pyrrole nitrogens is 1. The van der Waals surface area contributed by atoms with E-state index in [4.69, 9.17) is 4.74 Å². The average Bonchev–Trinajstić information content (AvgIpc) is 2.98. The number of rotatable bonds is 3. The van der Waals surface area contributed by atoms with E-state index in [-0.39, 0.29) is 5.56 Å². The van der Waals surface area contributed by atoms with Gasteiger partial charge in [-0.1, -0.05) is 0 Å². The summed E-state index contributed by atoms with van der Waals surface area (Å²) in [5.74, 6) is -0.0302. The van der Waals surface area contributed by atoms with Crippen LogP contribution in [0.3, 0.4) is 0 Å². The number of hydrogen-bond acceptors (Lipinski definition) is 6. The predicted octanol–water partition coefficient (Wildman–Crippen LogP) is 4.20. The summed E-state index contributed by atoms with van der Waals surface area (Å²) in [5.41, 5.74) is 1.32. The lowest BCUT2D eigenvalue weighted by molar-refractivity contribution is 0.0320. The first kappa shape index (κ1) is 16.9. The van der Waals surface area contributed by atoms with Gasteiger partial charge in [0.1, 0.15) is 4.83 Å². The second-order valence-corrected chi connectivity index (χ2v) is 8.45. The summed E-state index contributed by atoms with van der Waals surface area (Å²) < 4.78 is 5.50. The molecule has 1 atom stereocenters. The number of aryl methyl sites for hydroxylation is 4. The molecular formula is C17H18N2O3S2. The number of thiophene rings is 2. The third-order valence-corrected chi connectivity index (χ3v) is 6.05. The molecule has 24 heavy (non-hydrogen) atoms. The molecule has 0 aliphatic rings. The van der Waals surface area contributed by atoms with E-state index < -0.39 is 12.1 Å². The fourth-order valence-electron chi connectivity index (χ4n) is 2.58. The normalized spacial score (nSPS) is 12.5. The van der Waals surface area contributed by atoms with Gasteiger partial charge >= 0.3 is 5.97 Å². The van der Waals surface area contributed by atoms with Gasteiger partial charge in [0.25, 0.3) is 5.56 Å². The summed E-state index contributed by atoms with van der Waals surface area (Å²) >= 11 is 3.03. The number of carbonyl (C=O) groups is 1. The lowest BCUT2D eigenvalue weighted by Gasteiger charge is -2.12. The van der Waals surface area contributed by atoms with Crippen molar-refractivity contribution >= 4 is 38.9 Å². The zero-order chi connectivity index (χ0) is 17.6. The molecule has 0 saturated carbocycles. The van der Waals surface area contributed by atoms with E-state index in [1.54, 1.807) is 18.3 Å². The van der Waals surface area contributed by atoms with Crippen molar-refractivity contribution in [2.75, 3.05) is 0 Å². The molecule has 0 saturated heterocycles. The Balaban J connectivity index is 1.91. The number of esters is 1. The van der Waals surface area contributed by atoms with Crippen LogP contribution in [-0.4, -0.2) is 15.9 Å². The number of aromatic nitrogens is 2. The summed E-state index contributed by atoms with van der Waals surface area (Å²) in [6.07, 6.45) is -0.628. The van der Waals surface area contributed by atoms with Gasteiger partial charge in [-0.2, -0.15) is 0 Å². The van der Waals surface area contributed by atoms with Crippen LogP contribution in [0.1, 0.15) is 49.4 Å². The van der Waals surface area contributed by atoms with Crippen molar-refractivity contribution in [3.8, 4) is 0 Å². The SMILES string of the molecule is Cc1cc(C(=O)O[C@@H](C)c2nc3sc(C)c(C)c3c(=O)[nH]2)c(C)s1. The molecule has 1 N–H and O–H groups in total. The van der Waals surface area contributed by atoms with Crippen LogP contribution in [0.2, 0.25) is 0 Å². The number of aromatic amines is 1. The molecule has 0 unspecified atom stereocenters. The van der Waals surface area contributed by atoms with E-state index in [9.17, 15) is 9.59 Å². The van der Waals surface area contributed by atoms with Crippen molar-refractivity contribution in [2.45, 2.75) is 40.7 Å². The highest BCUT2D eigenvalue weighted by atomic mass is 32.1. The summed E-state index contributed by atoms with van der Waals surface area (Å²) in [4.78, 5) is 35.6. The minimum Gasteiger partial charge on any atom is -0.451 e. The molecule has 0 aromatic carbocycles. The second-order valence-electron chi connectivity index (χ2n) is 5.79. The fourth-order valence-corrected chi connectivity index (χ4v) is 4.53. The third-order valence-electron chi connectivity index (χ3n) is 3.99. The van der Waals surface area contributed by atoms with E-state index in [2.05, 4.69) is 9.97 Å². The van der Waals surface area contributed by atoms with Crippen LogP contribution in [0.25, 0.3) is 10.2 Å². The molecule has 3 heterocycles. The molecule has 3 aromatic rings. The van der Waals surface area contributed by atoms with Gasteiger partial charge in [0.15, 0.2) is 11.9 Å². The first-order valence-electron chi connectivity index (χ1n) is 7.56. The topological polar surface area (TPSA) is 72.0 Å². The maximum absolute atomic E-state index is 12.3. The molecule has 0 amide bonds. The van der Waals surface area contributed by atoms with Crippen LogP contribution >= 0.6 is 22.7 Å². The summed E-state index contributed by atoms with van der Waals surface area (Å²) in [6.45, 7) is 9.43. The van der Waals surface area contributed by atoms with Crippen LogP contribution in [-0.2, 0) is 4.74 Å². The third kappa shape index (κ3) is 2.89. The van der Waals surface area contributed by atoms with E-state index in [1.807, 2.05) is 33.8 Å². The van der Waals surface area contributed by atoms with E-state index in [1.165, 1.54) is 11.3 Å². The Kier molecular flexibility index (Phi) is 4.31. The molecule has 3 rings (SSSR count). The van der Waals surface area contributed by atoms with Gasteiger partial charge in [0.2, 0.25) is 0 Å². The Morgan fingerprint density at radius 2 is 1.92 bits per heavy atom. The summed E-state index contributed by atoms with van der Waals surface area (Å²) in [7, 11) is 0. The maximum Gasteiger partial charge on any atom is 0.339 e. The number of nitrogens with zero attached hydrogens (tertiary/aromatic N) is 1. The second kappa shape index (κ2) is 6.14. The summed E-state index contributed by atoms with van der Waals surface area (Å²) in [5, 5.41) is 0.615. The Morgan fingerprint density at radius 1 is 1.21 bits per heavy atom. The van der Waals surface area contributed by atoms with E-state index in [0.717, 1.165) is 20.2 Å². The number of ether oxygens (including phenoxy) is 1. The van der Waals surface area contributed by atoms with Crippen LogP contribution in [0.5, 0.6) is 0 Å². The fraction of sp³-hybridized carbons (Fsp3) is 0.353. The summed E-state index contributed by atoms with van der Waals surface area (Å²) in [6, 6.07) is 1.82. The number of hydrogen-bond donors (Lipinski definition) is 1. The van der Waals surface area contributed by atoms with Gasteiger partial charge in [-0.25, -0.2) is 9.78 Å². The molecular weight excluding hydrogens is 344 g/mol. The molecule has 5 nitrogen and oxygen atoms in total. The molecule has 126 valence electrons. The van der Waals surface area contributed by atoms with Crippen LogP contribution < -0.4 is 5.56 Å². The minimum atomic E-state index is -0.628. The highest BCUT2D eigenvalue weighted by Crippen LogP contribution is 2.28. The standard InChI is InChI=1S/C17H18N2O3S2/c1-7-6-12(11(5)23-7)17(21)22-9(3)14-18-15(20)13-8(2)10(4)24-16(13)19-14/h6,9H,1-5H3,(H,18,19,20)/t9-/m0/s1. The molecule has 0 radical (unpaired) electrons. The Morgan fingerprint density at radius 3 is 2.54 bits per heavy atom. The van der Waals surface area contributed by atoms with Crippen molar-refractivity contribution in [2.24, 2.45) is 0 Å². The Labute approximate surface area is 147 Å². The Bertz CT molecular complexity index is 997. The van der Waals surface area contributed by atoms with Crippen LogP contribution in [0.4, 0.5) is 0 Å². The van der Waals surface area contributed by atoms with Gasteiger partial charge in [-0.05, 0) is 46.2 Å². The molecule has 0 aliphatic carbocycles. The van der Waals surface area contributed by atoms with Crippen molar-refractivity contribution in [3.05, 3.63) is 48.0 Å². The zero-order valence-electron chi connectivity index (χ0n) is 14.1. The minimum absolute atomic E-state index is 0.192. The van der Waals surface area contributed by atoms with Gasteiger partial charge < -0.3 is 9.72 Å². The van der Waals surface area contributed by atoms with Gasteiger partial charge in [0, 0.05) is 14.6 Å². The molecule has 3 aromatic heterocycles. The van der Waals surface area contributed by atoms with Crippen molar-refractivity contribution in [1.82, 2.24) is 9.97 Å². The van der Waals surface area contributed by atoms with Gasteiger partial charge in [0.05, 0.1) is 10.9 Å². The lowest BCUT2D eigenvalue weighted by atomic mass is 10.2. The van der Waals surface area contributed by atoms with Crippen LogP contribution in [0.15, 0.2) is 10.9 Å². The van der Waals surface area contributed by atoms with Crippen molar-refractivity contribution in [3.63, 3.8) is 0 Å². The molecule has 7 heteroatoms. The maximum atomic E-state index is 12.3. The quantitative estimate of drug-likeness (QED) is 0.709. The van der Waals surface area contributed by atoms with Gasteiger partial charge in [-0.3, -0.25) is 4.79 Å². The number of fused-ring (bicyclic) bond motifs is 1. The molecule has 0 spiro atoms. The first-order chi connectivity index (χ1) is 11.3. The molecule has 0 aliphatic heterocycles. The van der Waals surface area contributed by atoms with Crippen molar-refractivity contribution < 1.29 is 9.53 Å². The van der Waals surface area contributed by atoms with E-state index >= 15 is 0 Å². The van der Waals surface area contributed by atoms with Crippen LogP contribution in [0, 0.1) is 27.7 Å². The number of carbonyl (C=O) groups excluding carboxylic acids is 1. The number of nitrogens with one attached hydrogen (secondary N) is 1. The monoisotopic (exact) mass is 362 g/mol. The average molecular weight is 362 g/mol. The van der Waals surface area contributed by atoms with E-state index in [0.29, 0.717) is 21.6 Å². The first-order valence-corrected chi connectivity index (χ1v) is 9.19. The largest absolute Gasteiger partial charge is 0.451 e. The molecule has 0 bridgehead atoms.